The summed E-state index contributed by atoms with van der Waals surface area (Å²) < 4.78 is 2.98. The zero-order valence-electron chi connectivity index (χ0n) is 27.4. The fourth-order valence-electron chi connectivity index (χ4n) is 8.27. The van der Waals surface area contributed by atoms with Gasteiger partial charge in [-0.1, -0.05) is 12.1 Å². The van der Waals surface area contributed by atoms with Crippen molar-refractivity contribution in [3.8, 4) is 22.3 Å². The summed E-state index contributed by atoms with van der Waals surface area (Å²) in [6.07, 6.45) is 0. The topological polar surface area (TPSA) is 3.24 Å². The maximum atomic E-state index is 2.50. The summed E-state index contributed by atoms with van der Waals surface area (Å²) in [6, 6.07) is 61.0. The van der Waals surface area contributed by atoms with Crippen LogP contribution in [0.1, 0.15) is 25.0 Å². The molecule has 49 heavy (non-hydrogen) atoms. The van der Waals surface area contributed by atoms with Crippen LogP contribution in [0.2, 0.25) is 0 Å². The van der Waals surface area contributed by atoms with Crippen molar-refractivity contribution in [2.45, 2.75) is 19.3 Å². The molecule has 0 bridgehead atoms. The predicted octanol–water partition coefficient (Wildman–Crippen LogP) is 12.8. The summed E-state index contributed by atoms with van der Waals surface area (Å²) in [5.41, 5.74) is 11.3. The first-order valence-electron chi connectivity index (χ1n) is 17.0. The summed E-state index contributed by atoms with van der Waals surface area (Å²) in [7, 11) is 0. The Labute approximate surface area is 292 Å². The van der Waals surface area contributed by atoms with Crippen molar-refractivity contribution >= 4 is 72.4 Å². The van der Waals surface area contributed by atoms with E-state index >= 15 is 0 Å². The van der Waals surface area contributed by atoms with Gasteiger partial charge in [-0.3, -0.25) is 0 Å². The third-order valence-corrected chi connectivity index (χ3v) is 13.1. The summed E-state index contributed by atoms with van der Waals surface area (Å²) in [6.45, 7) is 4.71. The zero-order chi connectivity index (χ0) is 32.7. The van der Waals surface area contributed by atoms with Gasteiger partial charge in [0, 0.05) is 0 Å². The molecule has 0 fully saturated rings. The van der Waals surface area contributed by atoms with Gasteiger partial charge >= 0.3 is 282 Å². The van der Waals surface area contributed by atoms with E-state index in [9.17, 15) is 0 Å². The van der Waals surface area contributed by atoms with Crippen LogP contribution in [0.25, 0.3) is 63.1 Å². The molecule has 0 atom stereocenters. The third-order valence-electron chi connectivity index (χ3n) is 10.6. The van der Waals surface area contributed by atoms with E-state index in [1.54, 1.807) is 0 Å². The first-order valence-corrected chi connectivity index (χ1v) is 18.7. The molecule has 1 nitrogen and oxygen atoms in total. The molecule has 1 aliphatic carbocycles. The molecule has 1 heterocycles. The van der Waals surface area contributed by atoms with Gasteiger partial charge in [0.05, 0.1) is 0 Å². The van der Waals surface area contributed by atoms with Gasteiger partial charge in [0.25, 0.3) is 0 Å². The Hall–Kier alpha value is -5.40. The molecular formula is C47H33NSe. The molecule has 0 unspecified atom stereocenters. The van der Waals surface area contributed by atoms with Crippen LogP contribution < -0.4 is 4.90 Å². The van der Waals surface area contributed by atoms with E-state index < -0.39 is 0 Å². The summed E-state index contributed by atoms with van der Waals surface area (Å²) in [4.78, 5) is 2.50. The molecule has 0 spiro atoms. The van der Waals surface area contributed by atoms with Crippen LogP contribution >= 0.6 is 0 Å². The average molecular weight is 691 g/mol. The van der Waals surface area contributed by atoms with Crippen molar-refractivity contribution in [3.05, 3.63) is 175 Å². The van der Waals surface area contributed by atoms with E-state index in [1.165, 1.54) is 85.6 Å². The van der Waals surface area contributed by atoms with Gasteiger partial charge in [0.2, 0.25) is 0 Å². The Morgan fingerprint density at radius 3 is 2.04 bits per heavy atom. The van der Waals surface area contributed by atoms with E-state index in [0.29, 0.717) is 0 Å². The first kappa shape index (κ1) is 28.6. The van der Waals surface area contributed by atoms with Crippen LogP contribution in [0, 0.1) is 0 Å². The molecule has 0 N–H and O–H groups in total. The fourth-order valence-corrected chi connectivity index (χ4v) is 10.9. The molecule has 1 aliphatic rings. The Bertz CT molecular complexity index is 2750. The van der Waals surface area contributed by atoms with Gasteiger partial charge in [-0.15, -0.1) is 0 Å². The normalized spacial score (nSPS) is 13.3. The molecule has 0 aliphatic heterocycles. The molecule has 8 aromatic carbocycles. The first-order chi connectivity index (χ1) is 24.1. The van der Waals surface area contributed by atoms with Crippen LogP contribution in [0.5, 0.6) is 0 Å². The summed E-state index contributed by atoms with van der Waals surface area (Å²) in [5, 5.41) is 8.07. The zero-order valence-corrected chi connectivity index (χ0v) is 29.2. The molecule has 232 valence electrons. The van der Waals surface area contributed by atoms with Crippen LogP contribution in [-0.2, 0) is 5.41 Å². The van der Waals surface area contributed by atoms with E-state index in [2.05, 4.69) is 183 Å². The number of nitrogens with zero attached hydrogens (tertiary/aromatic N) is 1. The van der Waals surface area contributed by atoms with Crippen molar-refractivity contribution in [1.29, 1.82) is 0 Å². The second-order valence-electron chi connectivity index (χ2n) is 13.7. The molecular weight excluding hydrogens is 657 g/mol. The van der Waals surface area contributed by atoms with Crippen LogP contribution in [0.3, 0.4) is 0 Å². The SMILES string of the molecule is CC1(C)c2ccccc2-c2cc(N(c3cccc(-c4ccccc4)c3)c3cc4ccc5c6ccccc6[se]c5c4c4ccccc34)ccc21. The molecule has 1 aromatic heterocycles. The molecule has 0 saturated heterocycles. The fraction of sp³-hybridized carbons (Fsp3) is 0.0638. The number of hydrogen-bond donors (Lipinski definition) is 0. The van der Waals surface area contributed by atoms with Crippen LogP contribution in [0.4, 0.5) is 17.1 Å². The minimum atomic E-state index is -0.0438. The number of fused-ring (bicyclic) bond motifs is 10. The minimum absolute atomic E-state index is 0.0438. The summed E-state index contributed by atoms with van der Waals surface area (Å²) in [5.74, 6) is 0. The van der Waals surface area contributed by atoms with Gasteiger partial charge < -0.3 is 0 Å². The van der Waals surface area contributed by atoms with Crippen molar-refractivity contribution < 1.29 is 0 Å². The third kappa shape index (κ3) is 4.31. The maximum absolute atomic E-state index is 2.50. The summed E-state index contributed by atoms with van der Waals surface area (Å²) >= 11 is 0.263. The van der Waals surface area contributed by atoms with Crippen molar-refractivity contribution in [3.63, 3.8) is 0 Å². The molecule has 0 saturated carbocycles. The number of benzene rings is 8. The van der Waals surface area contributed by atoms with Gasteiger partial charge in [-0.05, 0) is 0 Å². The van der Waals surface area contributed by atoms with E-state index in [-0.39, 0.29) is 19.9 Å². The van der Waals surface area contributed by atoms with Crippen molar-refractivity contribution in [2.75, 3.05) is 4.90 Å². The monoisotopic (exact) mass is 691 g/mol. The molecule has 2 heteroatoms. The predicted molar refractivity (Wildman–Crippen MR) is 211 cm³/mol. The molecule has 9 aromatic rings. The quantitative estimate of drug-likeness (QED) is 0.131. The molecule has 0 radical (unpaired) electrons. The van der Waals surface area contributed by atoms with Crippen LogP contribution in [0.15, 0.2) is 164 Å². The Kier molecular flexibility index (Phi) is 6.31. The number of anilines is 3. The van der Waals surface area contributed by atoms with E-state index in [1.807, 2.05) is 0 Å². The molecule has 10 rings (SSSR count). The second kappa shape index (κ2) is 10.8. The van der Waals surface area contributed by atoms with E-state index in [0.717, 1.165) is 5.69 Å². The average Bonchev–Trinajstić information content (AvgIpc) is 3.64. The van der Waals surface area contributed by atoms with Gasteiger partial charge in [0.15, 0.2) is 0 Å². The van der Waals surface area contributed by atoms with Crippen molar-refractivity contribution in [2.24, 2.45) is 0 Å². The van der Waals surface area contributed by atoms with Gasteiger partial charge in [-0.2, -0.15) is 0 Å². The standard InChI is InChI=1S/C47H33NSe/c1-47(2)41-21-10-8-17-35(41)40-29-34(24-26-42(40)47)48(33-16-12-15-31(27-33)30-13-4-3-5-14-30)43-28-32-23-25-39-37-19-9-11-22-44(37)49-46(39)45(32)38-20-7-6-18-36(38)43/h3-29H,1-2H3. The van der Waals surface area contributed by atoms with Crippen LogP contribution in [-0.4, -0.2) is 14.5 Å². The van der Waals surface area contributed by atoms with Gasteiger partial charge in [-0.25, -0.2) is 0 Å². The van der Waals surface area contributed by atoms with E-state index in [4.69, 9.17) is 0 Å². The Morgan fingerprint density at radius 1 is 0.469 bits per heavy atom. The number of hydrogen-bond acceptors (Lipinski definition) is 1. The Morgan fingerprint density at radius 2 is 1.16 bits per heavy atom. The van der Waals surface area contributed by atoms with Gasteiger partial charge in [0.1, 0.15) is 0 Å². The number of rotatable bonds is 4. The Balaban J connectivity index is 1.27. The second-order valence-corrected chi connectivity index (χ2v) is 15.9. The molecule has 0 amide bonds. The van der Waals surface area contributed by atoms with Crippen molar-refractivity contribution in [1.82, 2.24) is 0 Å².